The van der Waals surface area contributed by atoms with E-state index in [1.165, 1.54) is 0 Å². The number of aliphatic hydroxyl groups excluding tert-OH is 4. The van der Waals surface area contributed by atoms with E-state index in [1.807, 2.05) is 24.3 Å². The molecule has 0 spiro atoms. The molecule has 142 valence electrons. The molecule has 3 rings (SSSR count). The Morgan fingerprint density at radius 3 is 2.69 bits per heavy atom. The summed E-state index contributed by atoms with van der Waals surface area (Å²) < 4.78 is 5.25. The van der Waals surface area contributed by atoms with Gasteiger partial charge in [0.1, 0.15) is 24.4 Å². The van der Waals surface area contributed by atoms with Crippen LogP contribution in [-0.2, 0) is 16.0 Å². The lowest BCUT2D eigenvalue weighted by Crippen LogP contribution is -2.64. The number of benzene rings is 1. The van der Waals surface area contributed by atoms with Crippen molar-refractivity contribution in [3.05, 3.63) is 36.0 Å². The van der Waals surface area contributed by atoms with Gasteiger partial charge in [-0.05, 0) is 18.1 Å². The predicted molar refractivity (Wildman–Crippen MR) is 91.9 cm³/mol. The zero-order valence-corrected chi connectivity index (χ0v) is 13.9. The Kier molecular flexibility index (Phi) is 5.56. The molecule has 1 aromatic carbocycles. The molecule has 1 aliphatic heterocycles. The number of hydrogen-bond acceptors (Lipinski definition) is 7. The summed E-state index contributed by atoms with van der Waals surface area (Å²) in [6, 6.07) is 6.71. The minimum atomic E-state index is -1.56. The monoisotopic (exact) mass is 365 g/mol. The Balaban J connectivity index is 1.65. The van der Waals surface area contributed by atoms with Crippen LogP contribution in [0, 0.1) is 0 Å². The highest BCUT2D eigenvalue weighted by atomic mass is 16.6. The molecule has 0 aliphatic carbocycles. The first kappa shape index (κ1) is 18.8. The average molecular weight is 365 g/mol. The number of rotatable bonds is 5. The van der Waals surface area contributed by atoms with Crippen LogP contribution in [0.5, 0.6) is 0 Å². The molecule has 8 N–H and O–H groups in total. The van der Waals surface area contributed by atoms with Crippen LogP contribution in [0.2, 0.25) is 0 Å². The lowest BCUT2D eigenvalue weighted by atomic mass is 9.98. The Bertz CT molecular complexity index is 764. The summed E-state index contributed by atoms with van der Waals surface area (Å²) in [6.45, 7) is -0.571. The fourth-order valence-electron chi connectivity index (χ4n) is 3.10. The molecule has 1 saturated heterocycles. The van der Waals surface area contributed by atoms with Crippen LogP contribution >= 0.6 is 0 Å². The van der Waals surface area contributed by atoms with Crippen molar-refractivity contribution in [2.75, 3.05) is 6.61 Å². The summed E-state index contributed by atoms with van der Waals surface area (Å²) in [7, 11) is 0. The zero-order valence-electron chi connectivity index (χ0n) is 13.9. The van der Waals surface area contributed by atoms with Gasteiger partial charge in [0.2, 0.25) is 5.91 Å². The first-order valence-corrected chi connectivity index (χ1v) is 8.34. The molecule has 0 unspecified atom stereocenters. The van der Waals surface area contributed by atoms with Gasteiger partial charge in [-0.3, -0.25) is 4.79 Å². The first-order chi connectivity index (χ1) is 12.4. The summed E-state index contributed by atoms with van der Waals surface area (Å²) in [4.78, 5) is 15.5. The van der Waals surface area contributed by atoms with Gasteiger partial charge in [0.05, 0.1) is 12.6 Å². The number of fused-ring (bicyclic) bond motifs is 1. The second kappa shape index (κ2) is 7.70. The maximum absolute atomic E-state index is 12.4. The van der Waals surface area contributed by atoms with Crippen molar-refractivity contribution in [2.24, 2.45) is 5.73 Å². The first-order valence-electron chi connectivity index (χ1n) is 8.34. The highest BCUT2D eigenvalue weighted by molar-refractivity contribution is 5.86. The SMILES string of the molecule is N[C@H](Cc1c[nH]c2ccccc12)C(=O)N[C@@H]1O[C@H](CO)[C@@H](O)[C@H](O)[C@H]1O. The number of carbonyl (C=O) groups is 1. The van der Waals surface area contributed by atoms with Gasteiger partial charge in [-0.2, -0.15) is 0 Å². The highest BCUT2D eigenvalue weighted by Crippen LogP contribution is 2.21. The maximum atomic E-state index is 12.4. The smallest absolute Gasteiger partial charge is 0.239 e. The number of aliphatic hydroxyl groups is 4. The molecule has 26 heavy (non-hydrogen) atoms. The zero-order chi connectivity index (χ0) is 18.8. The second-order valence-corrected chi connectivity index (χ2v) is 6.43. The van der Waals surface area contributed by atoms with Crippen LogP contribution in [0.1, 0.15) is 5.56 Å². The van der Waals surface area contributed by atoms with Crippen LogP contribution < -0.4 is 11.1 Å². The number of ether oxygens (including phenoxy) is 1. The number of aromatic amines is 1. The van der Waals surface area contributed by atoms with Gasteiger partial charge >= 0.3 is 0 Å². The standard InChI is InChI=1S/C17H23N3O6/c18-10(5-8-6-19-11-4-2-1-3-9(8)11)16(25)20-17-15(24)14(23)13(22)12(7-21)26-17/h1-4,6,10,12-15,17,19,21-24H,5,7,18H2,(H,20,25)/t10-,12-,13-,14+,15-,17-/m1/s1. The van der Waals surface area contributed by atoms with Gasteiger partial charge in [0.25, 0.3) is 0 Å². The minimum absolute atomic E-state index is 0.257. The summed E-state index contributed by atoms with van der Waals surface area (Å²) in [5.41, 5.74) is 7.77. The van der Waals surface area contributed by atoms with Gasteiger partial charge in [0, 0.05) is 17.1 Å². The van der Waals surface area contributed by atoms with Gasteiger partial charge < -0.3 is 41.2 Å². The molecule has 1 aliphatic rings. The largest absolute Gasteiger partial charge is 0.394 e. The van der Waals surface area contributed by atoms with E-state index in [1.54, 1.807) is 6.20 Å². The van der Waals surface area contributed by atoms with Gasteiger partial charge in [-0.25, -0.2) is 0 Å². The van der Waals surface area contributed by atoms with Crippen molar-refractivity contribution in [1.29, 1.82) is 0 Å². The topological polar surface area (TPSA) is 161 Å². The third-order valence-electron chi connectivity index (χ3n) is 4.63. The van der Waals surface area contributed by atoms with E-state index in [4.69, 9.17) is 10.5 Å². The van der Waals surface area contributed by atoms with Crippen molar-refractivity contribution in [2.45, 2.75) is 43.1 Å². The molecule has 0 saturated carbocycles. The molecule has 9 heteroatoms. The summed E-state index contributed by atoms with van der Waals surface area (Å²) in [5.74, 6) is -0.584. The Morgan fingerprint density at radius 1 is 1.23 bits per heavy atom. The minimum Gasteiger partial charge on any atom is -0.394 e. The van der Waals surface area contributed by atoms with Crippen LogP contribution in [0.4, 0.5) is 0 Å². The van der Waals surface area contributed by atoms with Gasteiger partial charge in [-0.1, -0.05) is 18.2 Å². The van der Waals surface area contributed by atoms with E-state index < -0.39 is 49.2 Å². The summed E-state index contributed by atoms with van der Waals surface area (Å²) in [5, 5.41) is 42.1. The van der Waals surface area contributed by atoms with E-state index in [9.17, 15) is 25.2 Å². The third kappa shape index (κ3) is 3.58. The van der Waals surface area contributed by atoms with Gasteiger partial charge in [-0.15, -0.1) is 0 Å². The maximum Gasteiger partial charge on any atom is 0.239 e. The van der Waals surface area contributed by atoms with E-state index in [0.717, 1.165) is 16.5 Å². The van der Waals surface area contributed by atoms with Crippen molar-refractivity contribution in [1.82, 2.24) is 10.3 Å². The Hall–Kier alpha value is -2.01. The number of aromatic nitrogens is 1. The molecule has 2 aromatic rings. The summed E-state index contributed by atoms with van der Waals surface area (Å²) >= 11 is 0. The number of H-pyrrole nitrogens is 1. The van der Waals surface area contributed by atoms with E-state index in [2.05, 4.69) is 10.3 Å². The Morgan fingerprint density at radius 2 is 1.96 bits per heavy atom. The molecule has 9 nitrogen and oxygen atoms in total. The average Bonchev–Trinajstić information content (AvgIpc) is 3.05. The molecule has 1 amide bonds. The molecule has 1 fully saturated rings. The molecule has 0 radical (unpaired) electrons. The fourth-order valence-corrected chi connectivity index (χ4v) is 3.10. The quantitative estimate of drug-likeness (QED) is 0.321. The van der Waals surface area contributed by atoms with Crippen molar-refractivity contribution < 1.29 is 30.0 Å². The van der Waals surface area contributed by atoms with Crippen molar-refractivity contribution >= 4 is 16.8 Å². The number of para-hydroxylation sites is 1. The molecule has 1 aromatic heterocycles. The van der Waals surface area contributed by atoms with Crippen LogP contribution in [-0.4, -0.2) is 74.6 Å². The lowest BCUT2D eigenvalue weighted by molar-refractivity contribution is -0.236. The van der Waals surface area contributed by atoms with Crippen molar-refractivity contribution in [3.8, 4) is 0 Å². The lowest BCUT2D eigenvalue weighted by Gasteiger charge is -2.40. The number of nitrogens with two attached hydrogens (primary N) is 1. The summed E-state index contributed by atoms with van der Waals surface area (Å²) in [6.07, 6.45) is -4.93. The third-order valence-corrected chi connectivity index (χ3v) is 4.63. The number of nitrogens with one attached hydrogen (secondary N) is 2. The normalized spacial score (nSPS) is 30.3. The number of carbonyl (C=O) groups excluding carboxylic acids is 1. The fraction of sp³-hybridized carbons (Fsp3) is 0.471. The predicted octanol–water partition coefficient (Wildman–Crippen LogP) is -2.05. The van der Waals surface area contributed by atoms with Crippen LogP contribution in [0.15, 0.2) is 30.5 Å². The molecule has 0 bridgehead atoms. The second-order valence-electron chi connectivity index (χ2n) is 6.43. The number of hydrogen-bond donors (Lipinski definition) is 7. The molecular weight excluding hydrogens is 342 g/mol. The van der Waals surface area contributed by atoms with Crippen LogP contribution in [0.3, 0.4) is 0 Å². The molecule has 2 heterocycles. The van der Waals surface area contributed by atoms with Crippen LogP contribution in [0.25, 0.3) is 10.9 Å². The van der Waals surface area contributed by atoms with Gasteiger partial charge in [0.15, 0.2) is 6.23 Å². The molecule has 6 atom stereocenters. The van der Waals surface area contributed by atoms with E-state index >= 15 is 0 Å². The molecular formula is C17H23N3O6. The highest BCUT2D eigenvalue weighted by Gasteiger charge is 2.44. The Labute approximate surface area is 149 Å². The van der Waals surface area contributed by atoms with Crippen molar-refractivity contribution in [3.63, 3.8) is 0 Å². The number of amides is 1. The van der Waals surface area contributed by atoms with E-state index in [-0.39, 0.29) is 6.42 Å². The van der Waals surface area contributed by atoms with E-state index in [0.29, 0.717) is 0 Å².